The topological polar surface area (TPSA) is 66.5 Å². The summed E-state index contributed by atoms with van der Waals surface area (Å²) < 4.78 is 25.2. The summed E-state index contributed by atoms with van der Waals surface area (Å²) in [5, 5.41) is 3.36. The first-order valence-electron chi connectivity index (χ1n) is 7.76. The lowest BCUT2D eigenvalue weighted by Crippen LogP contribution is -2.39. The second kappa shape index (κ2) is 8.47. The average molecular weight is 381 g/mol. The third-order valence-corrected chi connectivity index (χ3v) is 5.25. The molecule has 0 atom stereocenters. The number of nitrogens with zero attached hydrogens (tertiary/aromatic N) is 1. The SMILES string of the molecule is Cc1ccccc1CN(CC(=O)NCc1ccc(Cl)cc1)S(C)(=O)=O. The van der Waals surface area contributed by atoms with Crippen molar-refractivity contribution in [2.75, 3.05) is 12.8 Å². The number of carbonyl (C=O) groups excluding carboxylic acids is 1. The van der Waals surface area contributed by atoms with E-state index in [4.69, 9.17) is 11.6 Å². The van der Waals surface area contributed by atoms with Gasteiger partial charge in [0.1, 0.15) is 0 Å². The van der Waals surface area contributed by atoms with Gasteiger partial charge < -0.3 is 5.32 Å². The minimum Gasteiger partial charge on any atom is -0.351 e. The average Bonchev–Trinajstić information content (AvgIpc) is 2.55. The molecule has 0 saturated heterocycles. The van der Waals surface area contributed by atoms with Crippen LogP contribution in [0.4, 0.5) is 0 Å². The Balaban J connectivity index is 2.00. The summed E-state index contributed by atoms with van der Waals surface area (Å²) in [4.78, 5) is 12.2. The van der Waals surface area contributed by atoms with Gasteiger partial charge in [0.15, 0.2) is 0 Å². The van der Waals surface area contributed by atoms with Gasteiger partial charge in [-0.1, -0.05) is 48.0 Å². The quantitative estimate of drug-likeness (QED) is 0.803. The molecule has 0 bridgehead atoms. The molecule has 2 aromatic rings. The first kappa shape index (κ1) is 19.4. The Hall–Kier alpha value is -1.89. The minimum absolute atomic E-state index is 0.167. The standard InChI is InChI=1S/C18H21ClN2O3S/c1-14-5-3-4-6-16(14)12-21(25(2,23)24)13-18(22)20-11-15-7-9-17(19)10-8-15/h3-10H,11-13H2,1-2H3,(H,20,22). The molecule has 0 heterocycles. The van der Waals surface area contributed by atoms with E-state index in [1.165, 1.54) is 4.31 Å². The van der Waals surface area contributed by atoms with Crippen molar-refractivity contribution in [2.24, 2.45) is 0 Å². The summed E-state index contributed by atoms with van der Waals surface area (Å²) >= 11 is 5.82. The van der Waals surface area contributed by atoms with Crippen LogP contribution in [0.25, 0.3) is 0 Å². The molecule has 0 unspecified atom stereocenters. The lowest BCUT2D eigenvalue weighted by atomic mass is 10.1. The van der Waals surface area contributed by atoms with Crippen LogP contribution in [0.2, 0.25) is 5.02 Å². The molecule has 2 aromatic carbocycles. The maximum Gasteiger partial charge on any atom is 0.235 e. The maximum absolute atomic E-state index is 12.2. The molecule has 0 fully saturated rings. The van der Waals surface area contributed by atoms with Crippen LogP contribution in [0.5, 0.6) is 0 Å². The summed E-state index contributed by atoms with van der Waals surface area (Å²) in [5.41, 5.74) is 2.75. The predicted molar refractivity (Wildman–Crippen MR) is 99.7 cm³/mol. The number of halogens is 1. The van der Waals surface area contributed by atoms with Crippen LogP contribution in [0.3, 0.4) is 0 Å². The fourth-order valence-electron chi connectivity index (χ4n) is 2.29. The summed E-state index contributed by atoms with van der Waals surface area (Å²) in [5.74, 6) is -0.353. The Morgan fingerprint density at radius 2 is 1.76 bits per heavy atom. The molecule has 1 N–H and O–H groups in total. The number of aryl methyl sites for hydroxylation is 1. The van der Waals surface area contributed by atoms with Gasteiger partial charge >= 0.3 is 0 Å². The van der Waals surface area contributed by atoms with Crippen molar-refractivity contribution in [2.45, 2.75) is 20.0 Å². The highest BCUT2D eigenvalue weighted by atomic mass is 35.5. The van der Waals surface area contributed by atoms with E-state index < -0.39 is 10.0 Å². The van der Waals surface area contributed by atoms with Crippen molar-refractivity contribution in [3.05, 3.63) is 70.2 Å². The van der Waals surface area contributed by atoms with Crippen LogP contribution in [-0.2, 0) is 27.9 Å². The molecule has 0 radical (unpaired) electrons. The molecule has 5 nitrogen and oxygen atoms in total. The lowest BCUT2D eigenvalue weighted by molar-refractivity contribution is -0.121. The number of carbonyl (C=O) groups is 1. The van der Waals surface area contributed by atoms with Gasteiger partial charge in [0.25, 0.3) is 0 Å². The zero-order chi connectivity index (χ0) is 18.4. The third-order valence-electron chi connectivity index (χ3n) is 3.80. The number of nitrogens with one attached hydrogen (secondary N) is 1. The Morgan fingerprint density at radius 3 is 2.36 bits per heavy atom. The van der Waals surface area contributed by atoms with Crippen LogP contribution in [-0.4, -0.2) is 31.4 Å². The molecule has 7 heteroatoms. The number of rotatable bonds is 7. The monoisotopic (exact) mass is 380 g/mol. The van der Waals surface area contributed by atoms with Crippen molar-refractivity contribution in [3.63, 3.8) is 0 Å². The van der Waals surface area contributed by atoms with Crippen molar-refractivity contribution in [1.29, 1.82) is 0 Å². The summed E-state index contributed by atoms with van der Waals surface area (Å²) in [7, 11) is -3.51. The normalized spacial score (nSPS) is 11.5. The lowest BCUT2D eigenvalue weighted by Gasteiger charge is -2.20. The molecule has 0 aliphatic rings. The smallest absolute Gasteiger partial charge is 0.235 e. The fourth-order valence-corrected chi connectivity index (χ4v) is 3.14. The minimum atomic E-state index is -3.51. The van der Waals surface area contributed by atoms with Gasteiger partial charge in [-0.25, -0.2) is 8.42 Å². The summed E-state index contributed by atoms with van der Waals surface area (Å²) in [6.45, 7) is 2.18. The number of amides is 1. The van der Waals surface area contributed by atoms with E-state index in [2.05, 4.69) is 5.32 Å². The third kappa shape index (κ3) is 6.16. The van der Waals surface area contributed by atoms with E-state index in [-0.39, 0.29) is 19.0 Å². The van der Waals surface area contributed by atoms with E-state index in [1.54, 1.807) is 12.1 Å². The fraction of sp³-hybridized carbons (Fsp3) is 0.278. The summed E-state index contributed by atoms with van der Waals surface area (Å²) in [6, 6.07) is 14.6. The van der Waals surface area contributed by atoms with Gasteiger partial charge in [-0.3, -0.25) is 4.79 Å². The molecule has 0 spiro atoms. The van der Waals surface area contributed by atoms with Crippen molar-refractivity contribution >= 4 is 27.5 Å². The van der Waals surface area contributed by atoms with Crippen molar-refractivity contribution in [1.82, 2.24) is 9.62 Å². The van der Waals surface area contributed by atoms with Gasteiger partial charge in [0.2, 0.25) is 15.9 Å². The highest BCUT2D eigenvalue weighted by Crippen LogP contribution is 2.13. The molecule has 1 amide bonds. The zero-order valence-corrected chi connectivity index (χ0v) is 15.8. The van der Waals surface area contributed by atoms with E-state index >= 15 is 0 Å². The van der Waals surface area contributed by atoms with Gasteiger partial charge in [-0.05, 0) is 35.7 Å². The highest BCUT2D eigenvalue weighted by molar-refractivity contribution is 7.88. The number of sulfonamides is 1. The molecular formula is C18H21ClN2O3S. The Bertz CT molecular complexity index is 836. The van der Waals surface area contributed by atoms with E-state index in [9.17, 15) is 13.2 Å². The molecule has 0 aliphatic heterocycles. The second-order valence-electron chi connectivity index (χ2n) is 5.86. The highest BCUT2D eigenvalue weighted by Gasteiger charge is 2.21. The van der Waals surface area contributed by atoms with Crippen LogP contribution in [0.1, 0.15) is 16.7 Å². The molecule has 0 aromatic heterocycles. The van der Waals surface area contributed by atoms with Crippen molar-refractivity contribution < 1.29 is 13.2 Å². The van der Waals surface area contributed by atoms with Crippen LogP contribution < -0.4 is 5.32 Å². The van der Waals surface area contributed by atoms with Gasteiger partial charge in [0, 0.05) is 18.1 Å². The molecule has 0 aliphatic carbocycles. The van der Waals surface area contributed by atoms with Gasteiger partial charge in [-0.15, -0.1) is 0 Å². The molecule has 0 saturated carbocycles. The molecule has 2 rings (SSSR count). The van der Waals surface area contributed by atoms with Gasteiger partial charge in [0.05, 0.1) is 12.8 Å². The maximum atomic E-state index is 12.2. The Labute approximate surface area is 153 Å². The summed E-state index contributed by atoms with van der Waals surface area (Å²) in [6.07, 6.45) is 1.11. The second-order valence-corrected chi connectivity index (χ2v) is 8.28. The molecule has 25 heavy (non-hydrogen) atoms. The number of hydrogen-bond acceptors (Lipinski definition) is 3. The zero-order valence-electron chi connectivity index (χ0n) is 14.2. The van der Waals surface area contributed by atoms with Crippen LogP contribution >= 0.6 is 11.6 Å². The Morgan fingerprint density at radius 1 is 1.12 bits per heavy atom. The van der Waals surface area contributed by atoms with Crippen molar-refractivity contribution in [3.8, 4) is 0 Å². The van der Waals surface area contributed by atoms with E-state index in [0.717, 1.165) is 22.9 Å². The van der Waals surface area contributed by atoms with Crippen LogP contribution in [0.15, 0.2) is 48.5 Å². The van der Waals surface area contributed by atoms with Crippen LogP contribution in [0, 0.1) is 6.92 Å². The number of benzene rings is 2. The first-order valence-corrected chi connectivity index (χ1v) is 9.99. The first-order chi connectivity index (χ1) is 11.8. The number of hydrogen-bond donors (Lipinski definition) is 1. The Kier molecular flexibility index (Phi) is 6.58. The largest absolute Gasteiger partial charge is 0.351 e. The van der Waals surface area contributed by atoms with E-state index in [1.807, 2.05) is 43.3 Å². The van der Waals surface area contributed by atoms with Gasteiger partial charge in [-0.2, -0.15) is 4.31 Å². The predicted octanol–water partition coefficient (Wildman–Crippen LogP) is 2.73. The van der Waals surface area contributed by atoms with E-state index in [0.29, 0.717) is 11.6 Å². The molecular weight excluding hydrogens is 360 g/mol. The molecule has 134 valence electrons.